The van der Waals surface area contributed by atoms with Gasteiger partial charge in [-0.3, -0.25) is 0 Å². The minimum Gasteiger partial charge on any atom is -0.495 e. The maximum absolute atomic E-state index is 8.96. The molecule has 1 rings (SSSR count). The number of aliphatic hydroxyl groups is 1. The molecule has 0 atom stereocenters. The lowest BCUT2D eigenvalue weighted by molar-refractivity contribution is 0.280. The minimum absolute atomic E-state index is 0.0338. The molecule has 0 fully saturated rings. The van der Waals surface area contributed by atoms with Gasteiger partial charge in [0, 0.05) is 0 Å². The van der Waals surface area contributed by atoms with E-state index >= 15 is 0 Å². The van der Waals surface area contributed by atoms with Gasteiger partial charge < -0.3 is 9.84 Å². The minimum atomic E-state index is -0.0338. The highest BCUT2D eigenvalue weighted by atomic mass is 16.5. The zero-order valence-corrected chi connectivity index (χ0v) is 7.66. The van der Waals surface area contributed by atoms with Gasteiger partial charge in [0.1, 0.15) is 11.8 Å². The fourth-order valence-electron chi connectivity index (χ4n) is 1.16. The van der Waals surface area contributed by atoms with Crippen LogP contribution in [0.3, 0.4) is 0 Å². The second kappa shape index (κ2) is 3.92. The molecule has 0 saturated heterocycles. The van der Waals surface area contributed by atoms with Crippen LogP contribution in [0.4, 0.5) is 0 Å². The number of nitrogens with zero attached hydrogens (tertiary/aromatic N) is 1. The van der Waals surface area contributed by atoms with Crippen molar-refractivity contribution in [2.24, 2.45) is 0 Å². The molecule has 0 saturated carbocycles. The first-order chi connectivity index (χ1) is 6.22. The molecule has 0 aliphatic heterocycles. The van der Waals surface area contributed by atoms with Crippen LogP contribution in [-0.4, -0.2) is 12.2 Å². The van der Waals surface area contributed by atoms with E-state index in [4.69, 9.17) is 15.1 Å². The molecular formula is C10H11NO2. The Morgan fingerprint density at radius 2 is 2.23 bits per heavy atom. The summed E-state index contributed by atoms with van der Waals surface area (Å²) in [6.07, 6.45) is 0. The van der Waals surface area contributed by atoms with Crippen LogP contribution in [0.2, 0.25) is 0 Å². The van der Waals surface area contributed by atoms with Crippen LogP contribution in [0.25, 0.3) is 0 Å². The van der Waals surface area contributed by atoms with Gasteiger partial charge in [-0.15, -0.1) is 0 Å². The molecule has 68 valence electrons. The van der Waals surface area contributed by atoms with Crippen LogP contribution in [-0.2, 0) is 6.61 Å². The highest BCUT2D eigenvalue weighted by molar-refractivity contribution is 5.48. The third-order valence-corrected chi connectivity index (χ3v) is 1.95. The van der Waals surface area contributed by atoms with Crippen LogP contribution >= 0.6 is 0 Å². The Kier molecular flexibility index (Phi) is 2.88. The number of methoxy groups -OCH3 is 1. The zero-order chi connectivity index (χ0) is 9.84. The van der Waals surface area contributed by atoms with Crippen LogP contribution in [0.15, 0.2) is 12.1 Å². The SMILES string of the molecule is COc1cc(CO)c(C)cc1C#N. The van der Waals surface area contributed by atoms with Gasteiger partial charge in [-0.25, -0.2) is 0 Å². The van der Waals surface area contributed by atoms with Gasteiger partial charge in [-0.05, 0) is 30.2 Å². The molecule has 1 aromatic rings. The van der Waals surface area contributed by atoms with Gasteiger partial charge in [0.2, 0.25) is 0 Å². The molecule has 3 heteroatoms. The number of hydrogen-bond acceptors (Lipinski definition) is 3. The summed E-state index contributed by atoms with van der Waals surface area (Å²) in [6, 6.07) is 5.43. The van der Waals surface area contributed by atoms with Gasteiger partial charge in [0.15, 0.2) is 0 Å². The summed E-state index contributed by atoms with van der Waals surface area (Å²) in [5, 5.41) is 17.7. The van der Waals surface area contributed by atoms with Crippen molar-refractivity contribution in [1.29, 1.82) is 5.26 Å². The third kappa shape index (κ3) is 1.79. The summed E-state index contributed by atoms with van der Waals surface area (Å²) in [7, 11) is 1.51. The van der Waals surface area contributed by atoms with Gasteiger partial charge >= 0.3 is 0 Å². The average molecular weight is 177 g/mol. The number of benzene rings is 1. The smallest absolute Gasteiger partial charge is 0.136 e. The van der Waals surface area contributed by atoms with Crippen LogP contribution in [0.1, 0.15) is 16.7 Å². The van der Waals surface area contributed by atoms with Crippen LogP contribution < -0.4 is 4.74 Å². The van der Waals surface area contributed by atoms with E-state index in [1.807, 2.05) is 13.0 Å². The standard InChI is InChI=1S/C10H11NO2/c1-7-3-8(5-11)10(13-2)4-9(7)6-12/h3-4,12H,6H2,1-2H3. The molecule has 1 N–H and O–H groups in total. The third-order valence-electron chi connectivity index (χ3n) is 1.95. The Bertz CT molecular complexity index is 353. The predicted molar refractivity (Wildman–Crippen MR) is 48.4 cm³/mol. The van der Waals surface area contributed by atoms with Crippen molar-refractivity contribution < 1.29 is 9.84 Å². The first kappa shape index (κ1) is 9.56. The summed E-state index contributed by atoms with van der Waals surface area (Å²) >= 11 is 0. The van der Waals surface area contributed by atoms with E-state index in [-0.39, 0.29) is 6.61 Å². The van der Waals surface area contributed by atoms with E-state index in [0.29, 0.717) is 11.3 Å². The maximum atomic E-state index is 8.96. The quantitative estimate of drug-likeness (QED) is 0.742. The fraction of sp³-hybridized carbons (Fsp3) is 0.300. The van der Waals surface area contributed by atoms with Crippen molar-refractivity contribution in [1.82, 2.24) is 0 Å². The van der Waals surface area contributed by atoms with Crippen LogP contribution in [0, 0.1) is 18.3 Å². The van der Waals surface area contributed by atoms with Crippen molar-refractivity contribution in [2.45, 2.75) is 13.5 Å². The molecule has 0 aliphatic rings. The van der Waals surface area contributed by atoms with Gasteiger partial charge in [-0.1, -0.05) is 0 Å². The molecule has 0 spiro atoms. The van der Waals surface area contributed by atoms with Crippen molar-refractivity contribution in [3.8, 4) is 11.8 Å². The Morgan fingerprint density at radius 1 is 1.54 bits per heavy atom. The Hall–Kier alpha value is -1.53. The van der Waals surface area contributed by atoms with Gasteiger partial charge in [0.25, 0.3) is 0 Å². The van der Waals surface area contributed by atoms with Crippen molar-refractivity contribution in [2.75, 3.05) is 7.11 Å². The van der Waals surface area contributed by atoms with E-state index < -0.39 is 0 Å². The van der Waals surface area contributed by atoms with E-state index in [2.05, 4.69) is 0 Å². The molecule has 0 radical (unpaired) electrons. The highest BCUT2D eigenvalue weighted by Crippen LogP contribution is 2.22. The molecule has 0 heterocycles. The predicted octanol–water partition coefficient (Wildman–Crippen LogP) is 1.37. The Balaban J connectivity index is 3.28. The van der Waals surface area contributed by atoms with E-state index in [1.54, 1.807) is 12.1 Å². The second-order valence-corrected chi connectivity index (χ2v) is 2.75. The second-order valence-electron chi connectivity index (χ2n) is 2.75. The zero-order valence-electron chi connectivity index (χ0n) is 7.66. The molecule has 0 aromatic heterocycles. The first-order valence-electron chi connectivity index (χ1n) is 3.91. The number of aliphatic hydroxyl groups excluding tert-OH is 1. The number of rotatable bonds is 2. The Morgan fingerprint density at radius 3 is 2.69 bits per heavy atom. The lowest BCUT2D eigenvalue weighted by atomic mass is 10.1. The van der Waals surface area contributed by atoms with Crippen LogP contribution in [0.5, 0.6) is 5.75 Å². The number of ether oxygens (including phenoxy) is 1. The van der Waals surface area contributed by atoms with Gasteiger partial charge in [0.05, 0.1) is 19.3 Å². The Labute approximate surface area is 77.2 Å². The van der Waals surface area contributed by atoms with Crippen molar-refractivity contribution in [3.05, 3.63) is 28.8 Å². The summed E-state index contributed by atoms with van der Waals surface area (Å²) in [4.78, 5) is 0. The largest absolute Gasteiger partial charge is 0.495 e. The highest BCUT2D eigenvalue weighted by Gasteiger charge is 2.06. The summed E-state index contributed by atoms with van der Waals surface area (Å²) in [5.74, 6) is 0.511. The molecule has 0 aliphatic carbocycles. The summed E-state index contributed by atoms with van der Waals surface area (Å²) in [6.45, 7) is 1.82. The summed E-state index contributed by atoms with van der Waals surface area (Å²) in [5.41, 5.74) is 2.19. The molecule has 0 unspecified atom stereocenters. The normalized spacial score (nSPS) is 9.38. The van der Waals surface area contributed by atoms with E-state index in [1.165, 1.54) is 7.11 Å². The van der Waals surface area contributed by atoms with E-state index in [0.717, 1.165) is 11.1 Å². The van der Waals surface area contributed by atoms with Gasteiger partial charge in [-0.2, -0.15) is 5.26 Å². The monoisotopic (exact) mass is 177 g/mol. The lowest BCUT2D eigenvalue weighted by Crippen LogP contribution is -1.94. The number of hydrogen-bond donors (Lipinski definition) is 1. The molecule has 0 bridgehead atoms. The van der Waals surface area contributed by atoms with Crippen molar-refractivity contribution in [3.63, 3.8) is 0 Å². The lowest BCUT2D eigenvalue weighted by Gasteiger charge is -2.07. The summed E-state index contributed by atoms with van der Waals surface area (Å²) < 4.78 is 5.00. The maximum Gasteiger partial charge on any atom is 0.136 e. The van der Waals surface area contributed by atoms with Crippen molar-refractivity contribution >= 4 is 0 Å². The first-order valence-corrected chi connectivity index (χ1v) is 3.91. The average Bonchev–Trinajstić information content (AvgIpc) is 2.17. The number of nitriles is 1. The fourth-order valence-corrected chi connectivity index (χ4v) is 1.16. The molecule has 1 aromatic carbocycles. The number of aryl methyl sites for hydroxylation is 1. The molecule has 13 heavy (non-hydrogen) atoms. The van der Waals surface area contributed by atoms with E-state index in [9.17, 15) is 0 Å². The molecule has 0 amide bonds. The molecule has 3 nitrogen and oxygen atoms in total. The topological polar surface area (TPSA) is 53.2 Å². The molecular weight excluding hydrogens is 166 g/mol.